The van der Waals surface area contributed by atoms with E-state index in [0.717, 1.165) is 17.1 Å². The SMILES string of the molecule is CC(C)[C@H](NC(=O)CCOCCOCCNC(=O)CCN1C(=O)C=CC1=O)C(=O)C[C@@H](CCCNC(N)=O)C(=O)Nc1ccc(C(O)C(=O)N2CCN(C)CC2)cc1. The second-order valence-electron chi connectivity index (χ2n) is 14.5. The van der Waals surface area contributed by atoms with Gasteiger partial charge >= 0.3 is 6.03 Å². The van der Waals surface area contributed by atoms with Crippen molar-refractivity contribution in [3.8, 4) is 0 Å². The summed E-state index contributed by atoms with van der Waals surface area (Å²) in [5, 5.41) is 21.4. The van der Waals surface area contributed by atoms with Gasteiger partial charge in [-0.15, -0.1) is 0 Å². The molecule has 320 valence electrons. The molecule has 1 aromatic carbocycles. The fourth-order valence-electron chi connectivity index (χ4n) is 6.16. The smallest absolute Gasteiger partial charge is 0.312 e. The number of carbonyl (C=O) groups is 8. The number of imide groups is 1. The monoisotopic (exact) mass is 814 g/mol. The number of carbonyl (C=O) groups excluding carboxylic acids is 8. The minimum Gasteiger partial charge on any atom is -0.379 e. The average molecular weight is 815 g/mol. The van der Waals surface area contributed by atoms with Gasteiger partial charge in [0.1, 0.15) is 0 Å². The van der Waals surface area contributed by atoms with Crippen LogP contribution in [0.4, 0.5) is 10.5 Å². The van der Waals surface area contributed by atoms with Crippen molar-refractivity contribution < 1.29 is 52.9 Å². The zero-order valence-corrected chi connectivity index (χ0v) is 33.5. The van der Waals surface area contributed by atoms with Crippen LogP contribution < -0.4 is 27.0 Å². The molecule has 1 saturated heterocycles. The van der Waals surface area contributed by atoms with Crippen LogP contribution in [0.2, 0.25) is 0 Å². The maximum atomic E-state index is 13.6. The average Bonchev–Trinajstić information content (AvgIpc) is 3.51. The van der Waals surface area contributed by atoms with Crippen molar-refractivity contribution in [2.75, 3.05) is 84.6 Å². The van der Waals surface area contributed by atoms with E-state index in [2.05, 4.69) is 26.2 Å². The highest BCUT2D eigenvalue weighted by molar-refractivity contribution is 6.13. The first-order valence-electron chi connectivity index (χ1n) is 19.5. The summed E-state index contributed by atoms with van der Waals surface area (Å²) in [5.74, 6) is -3.93. The number of nitrogens with two attached hydrogens (primary N) is 1. The predicted octanol–water partition coefficient (Wildman–Crippen LogP) is -0.548. The largest absolute Gasteiger partial charge is 0.379 e. The first kappa shape index (κ1) is 47.1. The Balaban J connectivity index is 1.41. The third-order valence-corrected chi connectivity index (χ3v) is 9.60. The number of ketones is 1. The van der Waals surface area contributed by atoms with Crippen LogP contribution >= 0.6 is 0 Å². The summed E-state index contributed by atoms with van der Waals surface area (Å²) < 4.78 is 10.9. The number of ether oxygens (including phenoxy) is 2. The molecule has 0 aromatic heterocycles. The van der Waals surface area contributed by atoms with Gasteiger partial charge in [0, 0.05) is 88.8 Å². The van der Waals surface area contributed by atoms with Crippen LogP contribution in [0.3, 0.4) is 0 Å². The standard InChI is InChI=1S/C39H58N8O11/c1-26(2)35(44-32(50)13-21-57-23-24-58-22-15-41-31(49)12-16-47-33(51)10-11-34(47)52)30(48)25-28(5-4-14-42-39(40)56)37(54)43-29-8-6-27(7-9-29)36(53)38(55)46-19-17-45(3)18-20-46/h6-11,26,28,35-36,53H,4-5,12-25H2,1-3H3,(H,41,49)(H,43,54)(H,44,50)(H3,40,42,56)/t28-,35+,36?/m1/s1. The lowest BCUT2D eigenvalue weighted by Crippen LogP contribution is -2.48. The first-order valence-corrected chi connectivity index (χ1v) is 19.5. The molecular weight excluding hydrogens is 756 g/mol. The molecule has 0 saturated carbocycles. The maximum Gasteiger partial charge on any atom is 0.312 e. The van der Waals surface area contributed by atoms with Crippen LogP contribution in [0.5, 0.6) is 0 Å². The van der Waals surface area contributed by atoms with Crippen molar-refractivity contribution in [3.05, 3.63) is 42.0 Å². The first-order chi connectivity index (χ1) is 27.7. The van der Waals surface area contributed by atoms with Crippen molar-refractivity contribution in [2.45, 2.75) is 58.1 Å². The van der Waals surface area contributed by atoms with E-state index in [1.165, 1.54) is 0 Å². The van der Waals surface area contributed by atoms with E-state index in [4.69, 9.17) is 15.2 Å². The Hall–Kier alpha value is -5.24. The fraction of sp³-hybridized carbons (Fsp3) is 0.590. The molecule has 2 aliphatic heterocycles. The highest BCUT2D eigenvalue weighted by Gasteiger charge is 2.30. The molecule has 0 bridgehead atoms. The zero-order chi connectivity index (χ0) is 42.6. The van der Waals surface area contributed by atoms with Crippen molar-refractivity contribution >= 4 is 52.9 Å². The number of hydrogen-bond donors (Lipinski definition) is 6. The third-order valence-electron chi connectivity index (χ3n) is 9.60. The molecule has 0 aliphatic carbocycles. The Kier molecular flexibility index (Phi) is 19.9. The van der Waals surface area contributed by atoms with E-state index < -0.39 is 47.7 Å². The summed E-state index contributed by atoms with van der Waals surface area (Å²) in [7, 11) is 1.97. The van der Waals surface area contributed by atoms with Crippen LogP contribution in [-0.4, -0.2) is 152 Å². The number of primary amides is 1. The van der Waals surface area contributed by atoms with Gasteiger partial charge in [-0.25, -0.2) is 4.79 Å². The summed E-state index contributed by atoms with van der Waals surface area (Å²) in [6.07, 6.45) is 1.31. The van der Waals surface area contributed by atoms with E-state index >= 15 is 0 Å². The van der Waals surface area contributed by atoms with Gasteiger partial charge < -0.3 is 51.4 Å². The lowest BCUT2D eigenvalue weighted by molar-refractivity contribution is -0.142. The van der Waals surface area contributed by atoms with Gasteiger partial charge in [0.15, 0.2) is 11.9 Å². The molecule has 8 amide bonds. The number of benzene rings is 1. The molecule has 1 fully saturated rings. The summed E-state index contributed by atoms with van der Waals surface area (Å²) in [5.41, 5.74) is 5.95. The van der Waals surface area contributed by atoms with Crippen LogP contribution in [-0.2, 0) is 43.0 Å². The van der Waals surface area contributed by atoms with Crippen molar-refractivity contribution in [2.24, 2.45) is 17.6 Å². The lowest BCUT2D eigenvalue weighted by atomic mass is 9.89. The topological polar surface area (TPSA) is 259 Å². The number of piperazine rings is 1. The number of anilines is 1. The number of amides is 8. The van der Waals surface area contributed by atoms with Gasteiger partial charge in [-0.05, 0) is 43.5 Å². The van der Waals surface area contributed by atoms with Crippen molar-refractivity contribution in [1.29, 1.82) is 0 Å². The lowest BCUT2D eigenvalue weighted by Gasteiger charge is -2.33. The quantitative estimate of drug-likeness (QED) is 0.0537. The zero-order valence-electron chi connectivity index (χ0n) is 33.5. The minimum absolute atomic E-state index is 0.00656. The molecule has 0 radical (unpaired) electrons. The summed E-state index contributed by atoms with van der Waals surface area (Å²) in [4.78, 5) is 104. The summed E-state index contributed by atoms with van der Waals surface area (Å²) >= 11 is 0. The Morgan fingerprint density at radius 3 is 2.09 bits per heavy atom. The van der Waals surface area contributed by atoms with E-state index in [0.29, 0.717) is 43.9 Å². The minimum atomic E-state index is -1.35. The fourth-order valence-corrected chi connectivity index (χ4v) is 6.16. The number of hydrogen-bond acceptors (Lipinski definition) is 12. The Labute approximate surface area is 338 Å². The number of urea groups is 1. The third kappa shape index (κ3) is 16.3. The molecule has 2 aliphatic rings. The van der Waals surface area contributed by atoms with Crippen LogP contribution in [0.25, 0.3) is 0 Å². The second-order valence-corrected chi connectivity index (χ2v) is 14.5. The van der Waals surface area contributed by atoms with Crippen LogP contribution in [0, 0.1) is 11.8 Å². The van der Waals surface area contributed by atoms with Crippen molar-refractivity contribution in [1.82, 2.24) is 30.7 Å². The number of nitrogens with zero attached hydrogens (tertiary/aromatic N) is 3. The van der Waals surface area contributed by atoms with Crippen molar-refractivity contribution in [3.63, 3.8) is 0 Å². The second kappa shape index (κ2) is 24.5. The molecule has 19 heteroatoms. The maximum absolute atomic E-state index is 13.6. The molecule has 2 heterocycles. The van der Waals surface area contributed by atoms with Gasteiger partial charge in [-0.2, -0.15) is 0 Å². The molecule has 3 rings (SSSR count). The molecule has 7 N–H and O–H groups in total. The normalized spacial score (nSPS) is 15.9. The Morgan fingerprint density at radius 2 is 1.47 bits per heavy atom. The van der Waals surface area contributed by atoms with E-state index in [1.807, 2.05) is 7.05 Å². The van der Waals surface area contributed by atoms with Gasteiger partial charge in [-0.3, -0.25) is 38.5 Å². The molecule has 58 heavy (non-hydrogen) atoms. The molecule has 0 spiro atoms. The molecule has 1 aromatic rings. The predicted molar refractivity (Wildman–Crippen MR) is 211 cm³/mol. The van der Waals surface area contributed by atoms with Gasteiger partial charge in [-0.1, -0.05) is 26.0 Å². The number of Topliss-reactive ketones (excluding diaryl/α,β-unsaturated/α-hetero) is 1. The summed E-state index contributed by atoms with van der Waals surface area (Å²) in [6.45, 7) is 7.08. The van der Waals surface area contributed by atoms with Gasteiger partial charge in [0.2, 0.25) is 17.7 Å². The van der Waals surface area contributed by atoms with Crippen LogP contribution in [0.1, 0.15) is 57.6 Å². The van der Waals surface area contributed by atoms with E-state index in [9.17, 15) is 43.5 Å². The van der Waals surface area contributed by atoms with Crippen LogP contribution in [0.15, 0.2) is 36.4 Å². The van der Waals surface area contributed by atoms with E-state index in [-0.39, 0.29) is 95.3 Å². The highest BCUT2D eigenvalue weighted by Crippen LogP contribution is 2.22. The number of nitrogens with one attached hydrogen (secondary N) is 4. The molecule has 19 nitrogen and oxygen atoms in total. The molecular formula is C39H58N8O11. The molecule has 1 unspecified atom stereocenters. The van der Waals surface area contributed by atoms with E-state index in [1.54, 1.807) is 43.0 Å². The number of likely N-dealkylation sites (N-methyl/N-ethyl adjacent to an activating group) is 1. The number of rotatable bonds is 25. The number of aliphatic hydroxyl groups excluding tert-OH is 1. The van der Waals surface area contributed by atoms with Gasteiger partial charge in [0.05, 0.1) is 32.5 Å². The molecule has 3 atom stereocenters. The van der Waals surface area contributed by atoms with Gasteiger partial charge in [0.25, 0.3) is 17.7 Å². The Bertz CT molecular complexity index is 1590. The highest BCUT2D eigenvalue weighted by atomic mass is 16.5. The number of aliphatic hydroxyl groups is 1. The Morgan fingerprint density at radius 1 is 0.828 bits per heavy atom. The summed E-state index contributed by atoms with van der Waals surface area (Å²) in [6, 6.07) is 4.66.